The number of rotatable bonds is 7. The molecule has 0 amide bonds. The van der Waals surface area contributed by atoms with Gasteiger partial charge in [0.05, 0.1) is 6.10 Å². The lowest BCUT2D eigenvalue weighted by Gasteiger charge is -2.28. The Hall–Kier alpha value is -1.55. The van der Waals surface area contributed by atoms with E-state index in [0.717, 1.165) is 18.7 Å². The summed E-state index contributed by atoms with van der Waals surface area (Å²) in [6, 6.07) is 6.69. The van der Waals surface area contributed by atoms with Crippen molar-refractivity contribution in [3.8, 4) is 5.75 Å². The molecule has 1 rings (SSSR count). The summed E-state index contributed by atoms with van der Waals surface area (Å²) in [4.78, 5) is 14.4. The number of nitrogens with zero attached hydrogens (tertiary/aromatic N) is 1. The van der Waals surface area contributed by atoms with Gasteiger partial charge in [-0.25, -0.2) is 0 Å². The molecular formula is C16H25NO3. The average molecular weight is 279 g/mol. The summed E-state index contributed by atoms with van der Waals surface area (Å²) in [5, 5.41) is 9.32. The van der Waals surface area contributed by atoms with Crippen molar-refractivity contribution in [1.29, 1.82) is 0 Å². The van der Waals surface area contributed by atoms with Crippen LogP contribution in [0.3, 0.4) is 0 Å². The van der Waals surface area contributed by atoms with Crippen LogP contribution < -0.4 is 0 Å². The molecule has 1 aromatic rings. The summed E-state index contributed by atoms with van der Waals surface area (Å²) in [7, 11) is 0. The molecule has 1 aromatic carbocycles. The predicted octanol–water partition coefficient (Wildman–Crippen LogP) is 2.60. The largest absolute Gasteiger partial charge is 0.508 e. The van der Waals surface area contributed by atoms with Gasteiger partial charge in [0, 0.05) is 0 Å². The second-order valence-corrected chi connectivity index (χ2v) is 5.09. The number of phenols is 1. The zero-order chi connectivity index (χ0) is 15.1. The van der Waals surface area contributed by atoms with E-state index in [0.29, 0.717) is 6.42 Å². The molecule has 1 atom stereocenters. The Labute approximate surface area is 121 Å². The van der Waals surface area contributed by atoms with Gasteiger partial charge < -0.3 is 9.84 Å². The smallest absolute Gasteiger partial charge is 0.323 e. The summed E-state index contributed by atoms with van der Waals surface area (Å²) < 4.78 is 5.36. The van der Waals surface area contributed by atoms with Gasteiger partial charge in [-0.05, 0) is 51.1 Å². The number of hydrogen-bond donors (Lipinski definition) is 1. The summed E-state index contributed by atoms with van der Waals surface area (Å²) in [6.45, 7) is 9.39. The van der Waals surface area contributed by atoms with E-state index < -0.39 is 0 Å². The molecule has 0 unspecified atom stereocenters. The van der Waals surface area contributed by atoms with Gasteiger partial charge in [-0.2, -0.15) is 0 Å². The first-order valence-corrected chi connectivity index (χ1v) is 7.20. The van der Waals surface area contributed by atoms with Crippen LogP contribution in [-0.2, 0) is 16.0 Å². The van der Waals surface area contributed by atoms with Crippen LogP contribution in [0.5, 0.6) is 5.75 Å². The first kappa shape index (κ1) is 16.5. The third-order valence-electron chi connectivity index (χ3n) is 3.24. The van der Waals surface area contributed by atoms with Crippen LogP contribution in [0.25, 0.3) is 0 Å². The third kappa shape index (κ3) is 4.85. The Balaban J connectivity index is 2.86. The van der Waals surface area contributed by atoms with E-state index in [1.807, 2.05) is 39.8 Å². The Kier molecular flexibility index (Phi) is 6.52. The zero-order valence-electron chi connectivity index (χ0n) is 12.8. The van der Waals surface area contributed by atoms with Gasteiger partial charge in [0.15, 0.2) is 0 Å². The van der Waals surface area contributed by atoms with E-state index in [9.17, 15) is 9.90 Å². The second kappa shape index (κ2) is 7.90. The van der Waals surface area contributed by atoms with Crippen LogP contribution in [0.4, 0.5) is 0 Å². The Morgan fingerprint density at radius 1 is 1.20 bits per heavy atom. The molecular weight excluding hydrogens is 254 g/mol. The molecule has 0 aliphatic carbocycles. The predicted molar refractivity (Wildman–Crippen MR) is 79.7 cm³/mol. The van der Waals surface area contributed by atoms with Crippen LogP contribution >= 0.6 is 0 Å². The molecule has 0 saturated carbocycles. The normalized spacial score (nSPS) is 12.7. The quantitative estimate of drug-likeness (QED) is 0.779. The molecule has 0 radical (unpaired) electrons. The maximum atomic E-state index is 12.3. The first-order chi connectivity index (χ1) is 9.47. The van der Waals surface area contributed by atoms with Gasteiger partial charge in [-0.3, -0.25) is 9.69 Å². The third-order valence-corrected chi connectivity index (χ3v) is 3.24. The molecule has 0 aliphatic heterocycles. The molecule has 0 bridgehead atoms. The van der Waals surface area contributed by atoms with Crippen molar-refractivity contribution in [2.24, 2.45) is 0 Å². The number of likely N-dealkylation sites (N-methyl/N-ethyl adjacent to an activating group) is 1. The molecule has 0 heterocycles. The average Bonchev–Trinajstić information content (AvgIpc) is 2.40. The van der Waals surface area contributed by atoms with E-state index in [2.05, 4.69) is 4.90 Å². The summed E-state index contributed by atoms with van der Waals surface area (Å²) in [5.41, 5.74) is 1.01. The lowest BCUT2D eigenvalue weighted by atomic mass is 10.0. The van der Waals surface area contributed by atoms with Crippen LogP contribution in [-0.4, -0.2) is 41.2 Å². The van der Waals surface area contributed by atoms with Crippen LogP contribution in [0.1, 0.15) is 33.3 Å². The zero-order valence-corrected chi connectivity index (χ0v) is 12.8. The Bertz CT molecular complexity index is 410. The fraction of sp³-hybridized carbons (Fsp3) is 0.562. The number of benzene rings is 1. The van der Waals surface area contributed by atoms with Crippen molar-refractivity contribution in [2.45, 2.75) is 46.3 Å². The van der Waals surface area contributed by atoms with Crippen molar-refractivity contribution in [3.05, 3.63) is 29.8 Å². The van der Waals surface area contributed by atoms with Gasteiger partial charge in [0.1, 0.15) is 11.8 Å². The van der Waals surface area contributed by atoms with Crippen LogP contribution in [0.2, 0.25) is 0 Å². The number of carbonyl (C=O) groups is 1. The SMILES string of the molecule is CCN(CC)[C@H](Cc1ccc(O)cc1)C(=O)OC(C)C. The molecule has 0 spiro atoms. The van der Waals surface area contributed by atoms with E-state index in [-0.39, 0.29) is 23.9 Å². The van der Waals surface area contributed by atoms with Crippen molar-refractivity contribution in [3.63, 3.8) is 0 Å². The summed E-state index contributed by atoms with van der Waals surface area (Å²) >= 11 is 0. The molecule has 0 fully saturated rings. The highest BCUT2D eigenvalue weighted by atomic mass is 16.5. The number of hydrogen-bond acceptors (Lipinski definition) is 4. The van der Waals surface area contributed by atoms with E-state index in [1.54, 1.807) is 12.1 Å². The summed E-state index contributed by atoms with van der Waals surface area (Å²) in [6.07, 6.45) is 0.480. The molecule has 0 saturated heterocycles. The minimum Gasteiger partial charge on any atom is -0.508 e. The molecule has 0 aliphatic rings. The highest BCUT2D eigenvalue weighted by molar-refractivity contribution is 5.76. The monoisotopic (exact) mass is 279 g/mol. The van der Waals surface area contributed by atoms with E-state index >= 15 is 0 Å². The van der Waals surface area contributed by atoms with Gasteiger partial charge in [-0.1, -0.05) is 26.0 Å². The lowest BCUT2D eigenvalue weighted by Crippen LogP contribution is -2.44. The van der Waals surface area contributed by atoms with E-state index in [1.165, 1.54) is 0 Å². The van der Waals surface area contributed by atoms with Crippen LogP contribution in [0, 0.1) is 0 Å². The number of esters is 1. The lowest BCUT2D eigenvalue weighted by molar-refractivity contribution is -0.153. The molecule has 20 heavy (non-hydrogen) atoms. The van der Waals surface area contributed by atoms with Gasteiger partial charge in [0.2, 0.25) is 0 Å². The molecule has 112 valence electrons. The number of aromatic hydroxyl groups is 1. The highest BCUT2D eigenvalue weighted by Gasteiger charge is 2.26. The summed E-state index contributed by atoms with van der Waals surface area (Å²) in [5.74, 6) is 0.0506. The topological polar surface area (TPSA) is 49.8 Å². The number of phenolic OH excluding ortho intramolecular Hbond substituents is 1. The molecule has 4 heteroatoms. The number of carbonyl (C=O) groups excluding carboxylic acids is 1. The van der Waals surface area contributed by atoms with Crippen molar-refractivity contribution < 1.29 is 14.6 Å². The van der Waals surface area contributed by atoms with Crippen molar-refractivity contribution in [2.75, 3.05) is 13.1 Å². The highest BCUT2D eigenvalue weighted by Crippen LogP contribution is 2.15. The van der Waals surface area contributed by atoms with E-state index in [4.69, 9.17) is 4.74 Å². The second-order valence-electron chi connectivity index (χ2n) is 5.09. The van der Waals surface area contributed by atoms with Crippen molar-refractivity contribution >= 4 is 5.97 Å². The van der Waals surface area contributed by atoms with Gasteiger partial charge in [0.25, 0.3) is 0 Å². The Morgan fingerprint density at radius 3 is 2.20 bits per heavy atom. The molecule has 0 aromatic heterocycles. The van der Waals surface area contributed by atoms with Gasteiger partial charge in [-0.15, -0.1) is 0 Å². The fourth-order valence-electron chi connectivity index (χ4n) is 2.19. The Morgan fingerprint density at radius 2 is 1.75 bits per heavy atom. The van der Waals surface area contributed by atoms with Crippen molar-refractivity contribution in [1.82, 2.24) is 4.90 Å². The standard InChI is InChI=1S/C16H25NO3/c1-5-17(6-2)15(16(19)20-12(3)4)11-13-7-9-14(18)10-8-13/h7-10,12,15,18H,5-6,11H2,1-4H3/t15-/m1/s1. The maximum Gasteiger partial charge on any atom is 0.323 e. The fourth-order valence-corrected chi connectivity index (χ4v) is 2.19. The molecule has 1 N–H and O–H groups in total. The number of ether oxygens (including phenoxy) is 1. The maximum absolute atomic E-state index is 12.3. The minimum atomic E-state index is -0.281. The minimum absolute atomic E-state index is 0.111. The first-order valence-electron chi connectivity index (χ1n) is 7.20. The van der Waals surface area contributed by atoms with Gasteiger partial charge >= 0.3 is 5.97 Å². The van der Waals surface area contributed by atoms with Crippen LogP contribution in [0.15, 0.2) is 24.3 Å². The molecule has 4 nitrogen and oxygen atoms in total.